The molecule has 1 saturated heterocycles. The van der Waals surface area contributed by atoms with E-state index < -0.39 is 0 Å². The SMILES string of the molecule is COCC(C)Nc1ncnc(N2CC3(C)CC2CC(C)(C)C3)c1N. The van der Waals surface area contributed by atoms with Crippen molar-refractivity contribution in [1.29, 1.82) is 0 Å². The Hall–Kier alpha value is -1.56. The fourth-order valence-corrected chi connectivity index (χ4v) is 4.96. The molecule has 0 radical (unpaired) electrons. The van der Waals surface area contributed by atoms with E-state index in [1.54, 1.807) is 13.4 Å². The van der Waals surface area contributed by atoms with Crippen molar-refractivity contribution in [3.05, 3.63) is 6.33 Å². The van der Waals surface area contributed by atoms with Gasteiger partial charge < -0.3 is 20.7 Å². The van der Waals surface area contributed by atoms with Crippen LogP contribution in [-0.4, -0.2) is 42.3 Å². The van der Waals surface area contributed by atoms with E-state index in [2.05, 4.69) is 47.9 Å². The van der Waals surface area contributed by atoms with Gasteiger partial charge in [-0.05, 0) is 37.0 Å². The number of rotatable bonds is 5. The van der Waals surface area contributed by atoms with Crippen LogP contribution in [0.2, 0.25) is 0 Å². The Morgan fingerprint density at radius 3 is 2.83 bits per heavy atom. The Bertz CT molecular complexity index is 605. The molecule has 6 nitrogen and oxygen atoms in total. The number of nitrogen functional groups attached to an aromatic ring is 1. The summed E-state index contributed by atoms with van der Waals surface area (Å²) in [6.45, 7) is 10.8. The normalized spacial score (nSPS) is 29.5. The van der Waals surface area contributed by atoms with Crippen molar-refractivity contribution in [3.8, 4) is 0 Å². The highest BCUT2D eigenvalue weighted by Gasteiger charge is 2.50. The predicted molar refractivity (Wildman–Crippen MR) is 98.3 cm³/mol. The number of methoxy groups -OCH3 is 1. The molecular weight excluding hydrogens is 302 g/mol. The second-order valence-electron chi connectivity index (χ2n) is 8.80. The quantitative estimate of drug-likeness (QED) is 0.863. The van der Waals surface area contributed by atoms with E-state index in [0.717, 1.165) is 12.4 Å². The fourth-order valence-electron chi connectivity index (χ4n) is 4.96. The minimum Gasteiger partial charge on any atom is -0.393 e. The van der Waals surface area contributed by atoms with Gasteiger partial charge in [0.1, 0.15) is 12.0 Å². The molecule has 24 heavy (non-hydrogen) atoms. The molecule has 2 aliphatic rings. The summed E-state index contributed by atoms with van der Waals surface area (Å²) in [7, 11) is 1.69. The number of hydrogen-bond acceptors (Lipinski definition) is 6. The largest absolute Gasteiger partial charge is 0.393 e. The molecule has 2 fully saturated rings. The lowest BCUT2D eigenvalue weighted by Gasteiger charge is -2.39. The van der Waals surface area contributed by atoms with Gasteiger partial charge in [0.15, 0.2) is 11.6 Å². The standard InChI is InChI=1S/C18H31N5O/c1-12(8-24-5)22-15-14(19)16(21-11-20-15)23-10-18(4)7-13(23)6-17(2,3)9-18/h11-13H,6-10,19H2,1-5H3,(H,20,21,22). The van der Waals surface area contributed by atoms with Gasteiger partial charge in [-0.25, -0.2) is 9.97 Å². The van der Waals surface area contributed by atoms with Crippen LogP contribution in [0.3, 0.4) is 0 Å². The molecule has 1 aliphatic carbocycles. The van der Waals surface area contributed by atoms with Gasteiger partial charge in [-0.2, -0.15) is 0 Å². The van der Waals surface area contributed by atoms with Gasteiger partial charge in [0.25, 0.3) is 0 Å². The lowest BCUT2D eigenvalue weighted by atomic mass is 9.65. The Labute approximate surface area is 145 Å². The summed E-state index contributed by atoms with van der Waals surface area (Å²) in [6.07, 6.45) is 5.29. The summed E-state index contributed by atoms with van der Waals surface area (Å²) < 4.78 is 5.18. The molecule has 3 unspecified atom stereocenters. The van der Waals surface area contributed by atoms with Crippen LogP contribution in [0.15, 0.2) is 6.33 Å². The zero-order valence-corrected chi connectivity index (χ0v) is 15.6. The van der Waals surface area contributed by atoms with Crippen LogP contribution in [0.5, 0.6) is 0 Å². The minimum atomic E-state index is 0.148. The number of anilines is 3. The van der Waals surface area contributed by atoms with Crippen LogP contribution in [0.25, 0.3) is 0 Å². The summed E-state index contributed by atoms with van der Waals surface area (Å²) in [4.78, 5) is 11.3. The van der Waals surface area contributed by atoms with E-state index in [4.69, 9.17) is 10.5 Å². The van der Waals surface area contributed by atoms with Crippen molar-refractivity contribution >= 4 is 17.3 Å². The number of ether oxygens (including phenoxy) is 1. The molecule has 2 heterocycles. The number of hydrogen-bond donors (Lipinski definition) is 2. The number of fused-ring (bicyclic) bond motifs is 2. The molecule has 1 saturated carbocycles. The summed E-state index contributed by atoms with van der Waals surface area (Å²) in [5.74, 6) is 1.58. The van der Waals surface area contributed by atoms with Crippen LogP contribution in [-0.2, 0) is 4.74 Å². The number of aromatic nitrogens is 2. The van der Waals surface area contributed by atoms with E-state index in [9.17, 15) is 0 Å². The molecule has 1 aliphatic heterocycles. The Morgan fingerprint density at radius 2 is 2.12 bits per heavy atom. The topological polar surface area (TPSA) is 76.3 Å². The molecule has 1 aromatic rings. The Morgan fingerprint density at radius 1 is 1.38 bits per heavy atom. The Balaban J connectivity index is 1.85. The predicted octanol–water partition coefficient (Wildman–Crippen LogP) is 2.91. The van der Waals surface area contributed by atoms with E-state index in [1.165, 1.54) is 19.3 Å². The van der Waals surface area contributed by atoms with Crippen molar-refractivity contribution in [2.45, 2.75) is 59.0 Å². The number of nitrogens with zero attached hydrogens (tertiary/aromatic N) is 3. The first-order valence-corrected chi connectivity index (χ1v) is 8.86. The van der Waals surface area contributed by atoms with Crippen molar-refractivity contribution in [2.24, 2.45) is 10.8 Å². The van der Waals surface area contributed by atoms with Crippen molar-refractivity contribution in [1.82, 2.24) is 9.97 Å². The van der Waals surface area contributed by atoms with E-state index in [-0.39, 0.29) is 6.04 Å². The third-order valence-electron chi connectivity index (χ3n) is 5.35. The first-order valence-electron chi connectivity index (χ1n) is 8.86. The minimum absolute atomic E-state index is 0.148. The van der Waals surface area contributed by atoms with Crippen LogP contribution in [0, 0.1) is 10.8 Å². The van der Waals surface area contributed by atoms with Gasteiger partial charge in [-0.1, -0.05) is 20.8 Å². The molecule has 3 atom stereocenters. The third-order valence-corrected chi connectivity index (χ3v) is 5.35. The highest BCUT2D eigenvalue weighted by atomic mass is 16.5. The molecule has 134 valence electrons. The smallest absolute Gasteiger partial charge is 0.157 e. The molecule has 1 aromatic heterocycles. The van der Waals surface area contributed by atoms with Crippen LogP contribution in [0.1, 0.15) is 47.0 Å². The van der Waals surface area contributed by atoms with E-state index >= 15 is 0 Å². The zero-order chi connectivity index (χ0) is 17.5. The van der Waals surface area contributed by atoms with Gasteiger partial charge in [0, 0.05) is 25.7 Å². The Kier molecular flexibility index (Phi) is 4.36. The van der Waals surface area contributed by atoms with Crippen LogP contribution in [0.4, 0.5) is 17.3 Å². The summed E-state index contributed by atoms with van der Waals surface area (Å²) in [6, 6.07) is 0.662. The maximum Gasteiger partial charge on any atom is 0.157 e. The molecule has 0 amide bonds. The van der Waals surface area contributed by atoms with Crippen molar-refractivity contribution < 1.29 is 4.74 Å². The molecular formula is C18H31N5O. The zero-order valence-electron chi connectivity index (χ0n) is 15.6. The average molecular weight is 333 g/mol. The molecule has 3 N–H and O–H groups in total. The van der Waals surface area contributed by atoms with Gasteiger partial charge in [-0.15, -0.1) is 0 Å². The lowest BCUT2D eigenvalue weighted by Crippen LogP contribution is -2.35. The van der Waals surface area contributed by atoms with Crippen molar-refractivity contribution in [3.63, 3.8) is 0 Å². The molecule has 2 bridgehead atoms. The summed E-state index contributed by atoms with van der Waals surface area (Å²) >= 11 is 0. The highest BCUT2D eigenvalue weighted by molar-refractivity contribution is 5.75. The van der Waals surface area contributed by atoms with E-state index in [1.807, 2.05) is 0 Å². The number of nitrogens with two attached hydrogens (primary N) is 1. The molecule has 0 spiro atoms. The molecule has 3 rings (SSSR count). The second-order valence-corrected chi connectivity index (χ2v) is 8.80. The fraction of sp³-hybridized carbons (Fsp3) is 0.778. The monoisotopic (exact) mass is 333 g/mol. The van der Waals surface area contributed by atoms with Crippen molar-refractivity contribution in [2.75, 3.05) is 36.2 Å². The van der Waals surface area contributed by atoms with Crippen LogP contribution >= 0.6 is 0 Å². The van der Waals surface area contributed by atoms with Gasteiger partial charge in [0.05, 0.1) is 6.61 Å². The number of nitrogens with one attached hydrogen (secondary N) is 1. The van der Waals surface area contributed by atoms with Gasteiger partial charge in [-0.3, -0.25) is 0 Å². The van der Waals surface area contributed by atoms with Crippen LogP contribution < -0.4 is 16.0 Å². The maximum absolute atomic E-state index is 6.43. The first-order chi connectivity index (χ1) is 11.2. The maximum atomic E-state index is 6.43. The summed E-state index contributed by atoms with van der Waals surface area (Å²) in [5.41, 5.74) is 7.80. The average Bonchev–Trinajstić information content (AvgIpc) is 2.70. The van der Waals surface area contributed by atoms with E-state index in [0.29, 0.717) is 35.0 Å². The molecule has 0 aromatic carbocycles. The molecule has 6 heteroatoms. The first kappa shape index (κ1) is 17.3. The summed E-state index contributed by atoms with van der Waals surface area (Å²) in [5, 5.41) is 3.33. The second kappa shape index (κ2) is 6.06. The highest BCUT2D eigenvalue weighted by Crippen LogP contribution is 2.53. The third kappa shape index (κ3) is 3.29. The van der Waals surface area contributed by atoms with Gasteiger partial charge >= 0.3 is 0 Å². The van der Waals surface area contributed by atoms with Gasteiger partial charge in [0.2, 0.25) is 0 Å². The lowest BCUT2D eigenvalue weighted by molar-refractivity contribution is 0.136.